The Morgan fingerprint density at radius 1 is 1.06 bits per heavy atom. The third-order valence-corrected chi connectivity index (χ3v) is 4.66. The van der Waals surface area contributed by atoms with Crippen LogP contribution in [0.15, 0.2) is 60.7 Å². The molecule has 2 aromatic carbocycles. The molecule has 166 valence electrons. The summed E-state index contributed by atoms with van der Waals surface area (Å²) < 4.78 is 49.0. The van der Waals surface area contributed by atoms with E-state index < -0.39 is 30.8 Å². The number of hydrogen-bond donors (Lipinski definition) is 0. The number of halogens is 3. The summed E-state index contributed by atoms with van der Waals surface area (Å²) in [6.07, 6.45) is 2.51. The van der Waals surface area contributed by atoms with Gasteiger partial charge in [0.2, 0.25) is 5.78 Å². The predicted octanol–water partition coefficient (Wildman–Crippen LogP) is 5.27. The third-order valence-electron chi connectivity index (χ3n) is 4.66. The highest BCUT2D eigenvalue weighted by molar-refractivity contribution is 6.00. The second kappa shape index (κ2) is 10.00. The van der Waals surface area contributed by atoms with E-state index in [0.717, 1.165) is 11.8 Å². The Hall–Kier alpha value is -3.81. The second-order valence-electron chi connectivity index (χ2n) is 6.91. The van der Waals surface area contributed by atoms with Gasteiger partial charge in [0.05, 0.1) is 0 Å². The molecule has 0 atom stereocenters. The largest absolute Gasteiger partial charge is 0.454 e. The summed E-state index contributed by atoms with van der Waals surface area (Å²) in [5.74, 6) is -1.52. The molecule has 0 bridgehead atoms. The summed E-state index contributed by atoms with van der Waals surface area (Å²) in [4.78, 5) is 24.5. The molecular formula is C24H20F3NO4. The van der Waals surface area contributed by atoms with Gasteiger partial charge in [0.15, 0.2) is 6.61 Å². The number of alkyl halides is 2. The molecule has 1 heterocycles. The zero-order valence-corrected chi connectivity index (χ0v) is 17.3. The number of esters is 1. The summed E-state index contributed by atoms with van der Waals surface area (Å²) >= 11 is 0. The van der Waals surface area contributed by atoms with E-state index in [0.29, 0.717) is 22.5 Å². The number of carbonyl (C=O) groups excluding carboxylic acids is 2. The quantitative estimate of drug-likeness (QED) is 0.270. The van der Waals surface area contributed by atoms with Gasteiger partial charge < -0.3 is 14.0 Å². The van der Waals surface area contributed by atoms with Crippen LogP contribution in [0.25, 0.3) is 11.8 Å². The van der Waals surface area contributed by atoms with Crippen molar-refractivity contribution in [3.63, 3.8) is 0 Å². The number of Topliss-reactive ketones (excluding diaryl/α,β-unsaturated/α-hetero) is 1. The number of nitrogens with zero attached hydrogens (tertiary/aromatic N) is 1. The molecule has 0 spiro atoms. The van der Waals surface area contributed by atoms with Gasteiger partial charge in [-0.2, -0.15) is 8.78 Å². The molecule has 0 N–H and O–H groups in total. The Kier molecular flexibility index (Phi) is 7.14. The molecule has 0 aliphatic rings. The Morgan fingerprint density at radius 2 is 1.78 bits per heavy atom. The molecular weight excluding hydrogens is 423 g/mol. The zero-order chi connectivity index (χ0) is 23.3. The van der Waals surface area contributed by atoms with E-state index in [1.165, 1.54) is 36.4 Å². The molecule has 0 aliphatic carbocycles. The molecule has 0 amide bonds. The van der Waals surface area contributed by atoms with Gasteiger partial charge in [0.25, 0.3) is 0 Å². The van der Waals surface area contributed by atoms with Crippen LogP contribution >= 0.6 is 0 Å². The molecule has 0 aliphatic heterocycles. The van der Waals surface area contributed by atoms with Crippen LogP contribution in [0.3, 0.4) is 0 Å². The topological polar surface area (TPSA) is 57.5 Å². The Morgan fingerprint density at radius 3 is 2.44 bits per heavy atom. The van der Waals surface area contributed by atoms with Gasteiger partial charge in [0.1, 0.15) is 11.6 Å². The van der Waals surface area contributed by atoms with E-state index in [2.05, 4.69) is 4.74 Å². The van der Waals surface area contributed by atoms with Crippen LogP contribution in [0.2, 0.25) is 0 Å². The fraction of sp³-hybridized carbons (Fsp3) is 0.167. The van der Waals surface area contributed by atoms with Crippen LogP contribution in [0.4, 0.5) is 13.2 Å². The Balaban J connectivity index is 1.67. The minimum atomic E-state index is -2.91. The minimum Gasteiger partial charge on any atom is -0.454 e. The molecule has 1 aromatic heterocycles. The first kappa shape index (κ1) is 22.9. The standard InChI is InChI=1S/C24H20F3NO4/c1-15-12-21(16(2)28(15)19-7-9-20(10-8-19)32-24(26)27)22(29)14-31-23(30)11-6-17-4-3-5-18(25)13-17/h3-13,24H,14H2,1-2H3. The van der Waals surface area contributed by atoms with E-state index in [1.54, 1.807) is 42.7 Å². The molecule has 0 saturated heterocycles. The number of aryl methyl sites for hydroxylation is 1. The third kappa shape index (κ3) is 5.66. The summed E-state index contributed by atoms with van der Waals surface area (Å²) in [6, 6.07) is 13.4. The molecule has 5 nitrogen and oxygen atoms in total. The molecule has 0 fully saturated rings. The van der Waals surface area contributed by atoms with Gasteiger partial charge in [0, 0.05) is 28.7 Å². The highest BCUT2D eigenvalue weighted by Gasteiger charge is 2.18. The maximum absolute atomic E-state index is 13.2. The first-order valence-corrected chi connectivity index (χ1v) is 9.62. The summed E-state index contributed by atoms with van der Waals surface area (Å²) in [6.45, 7) is 0.153. The summed E-state index contributed by atoms with van der Waals surface area (Å²) in [5.41, 5.74) is 2.88. The van der Waals surface area contributed by atoms with Crippen LogP contribution in [0.5, 0.6) is 5.75 Å². The fourth-order valence-electron chi connectivity index (χ4n) is 3.26. The Labute approximate surface area is 182 Å². The van der Waals surface area contributed by atoms with E-state index in [1.807, 2.05) is 0 Å². The molecule has 0 unspecified atom stereocenters. The van der Waals surface area contributed by atoms with Crippen molar-refractivity contribution in [1.82, 2.24) is 4.57 Å². The normalized spacial score (nSPS) is 11.2. The van der Waals surface area contributed by atoms with Gasteiger partial charge >= 0.3 is 12.6 Å². The average Bonchev–Trinajstić information content (AvgIpc) is 3.05. The van der Waals surface area contributed by atoms with Crippen LogP contribution < -0.4 is 4.74 Å². The van der Waals surface area contributed by atoms with Gasteiger partial charge in [-0.15, -0.1) is 0 Å². The number of benzene rings is 2. The predicted molar refractivity (Wildman–Crippen MR) is 113 cm³/mol. The lowest BCUT2D eigenvalue weighted by atomic mass is 10.1. The number of ether oxygens (including phenoxy) is 2. The second-order valence-corrected chi connectivity index (χ2v) is 6.91. The molecule has 3 rings (SSSR count). The number of hydrogen-bond acceptors (Lipinski definition) is 4. The first-order valence-electron chi connectivity index (χ1n) is 9.62. The van der Waals surface area contributed by atoms with Crippen LogP contribution in [-0.2, 0) is 9.53 Å². The Bertz CT molecular complexity index is 1150. The lowest BCUT2D eigenvalue weighted by molar-refractivity contribution is -0.136. The van der Waals surface area contributed by atoms with Gasteiger partial charge in [-0.3, -0.25) is 4.79 Å². The van der Waals surface area contributed by atoms with Crippen LogP contribution in [0, 0.1) is 19.7 Å². The summed E-state index contributed by atoms with van der Waals surface area (Å²) in [5, 5.41) is 0. The van der Waals surface area contributed by atoms with Crippen molar-refractivity contribution in [1.29, 1.82) is 0 Å². The maximum atomic E-state index is 13.2. The van der Waals surface area contributed by atoms with Crippen molar-refractivity contribution in [2.45, 2.75) is 20.5 Å². The van der Waals surface area contributed by atoms with Crippen LogP contribution in [0.1, 0.15) is 27.3 Å². The van der Waals surface area contributed by atoms with Crippen molar-refractivity contribution >= 4 is 17.8 Å². The molecule has 0 saturated carbocycles. The number of ketones is 1. The number of aromatic nitrogens is 1. The van der Waals surface area contributed by atoms with Crippen molar-refractivity contribution < 1.29 is 32.2 Å². The van der Waals surface area contributed by atoms with E-state index in [-0.39, 0.29) is 5.75 Å². The van der Waals surface area contributed by atoms with E-state index >= 15 is 0 Å². The molecule has 3 aromatic rings. The fourth-order valence-corrected chi connectivity index (χ4v) is 3.26. The highest BCUT2D eigenvalue weighted by Crippen LogP contribution is 2.24. The lowest BCUT2D eigenvalue weighted by Gasteiger charge is -2.11. The van der Waals surface area contributed by atoms with E-state index in [4.69, 9.17) is 4.74 Å². The van der Waals surface area contributed by atoms with Crippen molar-refractivity contribution in [2.24, 2.45) is 0 Å². The monoisotopic (exact) mass is 443 g/mol. The SMILES string of the molecule is Cc1cc(C(=O)COC(=O)C=Cc2cccc(F)c2)c(C)n1-c1ccc(OC(F)F)cc1. The molecule has 32 heavy (non-hydrogen) atoms. The van der Waals surface area contributed by atoms with Gasteiger partial charge in [-0.25, -0.2) is 9.18 Å². The van der Waals surface area contributed by atoms with Crippen molar-refractivity contribution in [2.75, 3.05) is 6.61 Å². The number of rotatable bonds is 8. The first-order chi connectivity index (χ1) is 15.2. The molecule has 8 heteroatoms. The van der Waals surface area contributed by atoms with Crippen molar-refractivity contribution in [3.8, 4) is 11.4 Å². The van der Waals surface area contributed by atoms with Crippen LogP contribution in [-0.4, -0.2) is 29.5 Å². The maximum Gasteiger partial charge on any atom is 0.387 e. The molecule has 0 radical (unpaired) electrons. The highest BCUT2D eigenvalue weighted by atomic mass is 19.3. The summed E-state index contributed by atoms with van der Waals surface area (Å²) in [7, 11) is 0. The zero-order valence-electron chi connectivity index (χ0n) is 17.3. The van der Waals surface area contributed by atoms with E-state index in [9.17, 15) is 22.8 Å². The average molecular weight is 443 g/mol. The smallest absolute Gasteiger partial charge is 0.387 e. The van der Waals surface area contributed by atoms with Gasteiger partial charge in [-0.1, -0.05) is 12.1 Å². The number of carbonyl (C=O) groups is 2. The van der Waals surface area contributed by atoms with Gasteiger partial charge in [-0.05, 0) is 68.0 Å². The van der Waals surface area contributed by atoms with Crippen molar-refractivity contribution in [3.05, 3.63) is 89.0 Å². The lowest BCUT2D eigenvalue weighted by Crippen LogP contribution is -2.13. The minimum absolute atomic E-state index is 0.0284.